The lowest BCUT2D eigenvalue weighted by atomic mass is 9.78. The Kier molecular flexibility index (Phi) is 7.89. The van der Waals surface area contributed by atoms with Gasteiger partial charge in [0.1, 0.15) is 11.9 Å². The van der Waals surface area contributed by atoms with Gasteiger partial charge in [-0.2, -0.15) is 5.26 Å². The molecule has 0 bridgehead atoms. The number of halogens is 1. The summed E-state index contributed by atoms with van der Waals surface area (Å²) in [6.45, 7) is 4.53. The Morgan fingerprint density at radius 3 is 2.57 bits per heavy atom. The van der Waals surface area contributed by atoms with Gasteiger partial charge in [-0.25, -0.2) is 4.39 Å². The zero-order valence-corrected chi connectivity index (χ0v) is 19.9. The highest BCUT2D eigenvalue weighted by Gasteiger charge is 2.43. The fourth-order valence-electron chi connectivity index (χ4n) is 5.56. The number of nitrogens with zero attached hydrogens (tertiary/aromatic N) is 3. The van der Waals surface area contributed by atoms with Crippen LogP contribution in [0.25, 0.3) is 0 Å². The maximum atomic E-state index is 13.4. The largest absolute Gasteiger partial charge is 0.380 e. The molecular weight excluding hydrogens is 453 g/mol. The number of likely N-dealkylation sites (tertiary alicyclic amines) is 1. The maximum absolute atomic E-state index is 13.4. The Hall–Kier alpha value is -2.74. The van der Waals surface area contributed by atoms with Crippen molar-refractivity contribution in [3.63, 3.8) is 0 Å². The Bertz CT molecular complexity index is 969. The minimum Gasteiger partial charge on any atom is -0.380 e. The average molecular weight is 488 g/mol. The minimum absolute atomic E-state index is 0.0740. The Morgan fingerprint density at radius 1 is 1.17 bits per heavy atom. The van der Waals surface area contributed by atoms with E-state index in [4.69, 9.17) is 0 Å². The van der Waals surface area contributed by atoms with Crippen LogP contribution in [0.2, 0.25) is 0 Å². The van der Waals surface area contributed by atoms with Crippen molar-refractivity contribution in [3.8, 4) is 6.07 Å². The quantitative estimate of drug-likeness (QED) is 0.456. The van der Waals surface area contributed by atoms with E-state index in [9.17, 15) is 29.5 Å². The highest BCUT2D eigenvalue weighted by Crippen LogP contribution is 2.38. The first-order chi connectivity index (χ1) is 16.8. The topological polar surface area (TPSA) is 129 Å². The van der Waals surface area contributed by atoms with E-state index in [0.717, 1.165) is 45.2 Å². The van der Waals surface area contributed by atoms with Crippen LogP contribution in [0.1, 0.15) is 37.7 Å². The zero-order valence-electron chi connectivity index (χ0n) is 19.9. The normalized spacial score (nSPS) is 22.0. The Labute approximate surface area is 204 Å². The number of amides is 2. The third-order valence-electron chi connectivity index (χ3n) is 7.83. The molecule has 9 nitrogen and oxygen atoms in total. The number of anilines is 1. The standard InChI is InChI=1S/C25H34FN5O4/c26-19-1-2-20(18(13-19)14-27)30-10-3-17(4-11-30)15-29-23(34)21(32)22(33)24(35)31-12-7-25(16-31)5-8-28-9-6-25/h1-2,13,17,21-22,28,32-33H,3-12,15-16H2,(H,29,34)/t21-,22-/m1/s1. The van der Waals surface area contributed by atoms with E-state index in [2.05, 4.69) is 10.6 Å². The molecule has 2 amide bonds. The van der Waals surface area contributed by atoms with Crippen molar-refractivity contribution < 1.29 is 24.2 Å². The maximum Gasteiger partial charge on any atom is 0.254 e. The summed E-state index contributed by atoms with van der Waals surface area (Å²) in [5.74, 6) is -1.64. The summed E-state index contributed by atoms with van der Waals surface area (Å²) in [6.07, 6.45) is 0.722. The number of nitriles is 1. The number of benzene rings is 1. The lowest BCUT2D eigenvalue weighted by Gasteiger charge is -2.34. The van der Waals surface area contributed by atoms with E-state index in [-0.39, 0.29) is 11.3 Å². The SMILES string of the molecule is N#Cc1cc(F)ccc1N1CCC(CNC(=O)[C@H](O)[C@@H](O)C(=O)N2CCC3(CCNCC3)C2)CC1. The van der Waals surface area contributed by atoms with Gasteiger partial charge >= 0.3 is 0 Å². The fourth-order valence-corrected chi connectivity index (χ4v) is 5.56. The molecule has 0 unspecified atom stereocenters. The number of piperidine rings is 2. The summed E-state index contributed by atoms with van der Waals surface area (Å²) in [5, 5.41) is 36.0. The van der Waals surface area contributed by atoms with Gasteiger partial charge in [0.2, 0.25) is 0 Å². The van der Waals surface area contributed by atoms with Gasteiger partial charge in [-0.1, -0.05) is 0 Å². The van der Waals surface area contributed by atoms with Gasteiger partial charge in [0.25, 0.3) is 11.8 Å². The second kappa shape index (κ2) is 10.9. The molecule has 2 atom stereocenters. The van der Waals surface area contributed by atoms with Crippen LogP contribution in [0.15, 0.2) is 18.2 Å². The molecule has 3 heterocycles. The smallest absolute Gasteiger partial charge is 0.254 e. The summed E-state index contributed by atoms with van der Waals surface area (Å²) in [4.78, 5) is 28.8. The number of aliphatic hydroxyl groups excluding tert-OH is 2. The van der Waals surface area contributed by atoms with Gasteiger partial charge < -0.3 is 30.6 Å². The van der Waals surface area contributed by atoms with Gasteiger partial charge in [0.05, 0.1) is 11.3 Å². The number of nitrogens with one attached hydrogen (secondary N) is 2. The van der Waals surface area contributed by atoms with Gasteiger partial charge in [-0.05, 0) is 74.7 Å². The van der Waals surface area contributed by atoms with Crippen molar-refractivity contribution in [1.29, 1.82) is 5.26 Å². The van der Waals surface area contributed by atoms with Crippen molar-refractivity contribution in [2.24, 2.45) is 11.3 Å². The molecule has 35 heavy (non-hydrogen) atoms. The van der Waals surface area contributed by atoms with Gasteiger partial charge in [-0.3, -0.25) is 9.59 Å². The number of rotatable bonds is 6. The number of hydrogen-bond acceptors (Lipinski definition) is 7. The minimum atomic E-state index is -1.82. The van der Waals surface area contributed by atoms with Crippen molar-refractivity contribution >= 4 is 17.5 Å². The lowest BCUT2D eigenvalue weighted by molar-refractivity contribution is -0.152. The average Bonchev–Trinajstić information content (AvgIpc) is 3.29. The van der Waals surface area contributed by atoms with Gasteiger partial charge in [0.15, 0.2) is 12.2 Å². The van der Waals surface area contributed by atoms with E-state index in [1.165, 1.54) is 12.1 Å². The fraction of sp³-hybridized carbons (Fsp3) is 0.640. The molecule has 190 valence electrons. The van der Waals surface area contributed by atoms with E-state index in [1.807, 2.05) is 11.0 Å². The molecule has 0 saturated carbocycles. The molecule has 4 rings (SSSR count). The summed E-state index contributed by atoms with van der Waals surface area (Å²) < 4.78 is 13.4. The monoisotopic (exact) mass is 487 g/mol. The second-order valence-corrected chi connectivity index (χ2v) is 10.1. The summed E-state index contributed by atoms with van der Waals surface area (Å²) >= 11 is 0. The molecule has 3 aliphatic heterocycles. The van der Waals surface area contributed by atoms with E-state index < -0.39 is 29.8 Å². The molecular formula is C25H34FN5O4. The van der Waals surface area contributed by atoms with E-state index in [0.29, 0.717) is 44.0 Å². The zero-order chi connectivity index (χ0) is 25.0. The van der Waals surface area contributed by atoms with Crippen LogP contribution in [0.4, 0.5) is 10.1 Å². The summed E-state index contributed by atoms with van der Waals surface area (Å²) in [5.41, 5.74) is 1.06. The molecule has 0 aromatic heterocycles. The molecule has 3 aliphatic rings. The molecule has 0 radical (unpaired) electrons. The van der Waals surface area contributed by atoms with Crippen molar-refractivity contribution in [2.45, 2.75) is 44.3 Å². The van der Waals surface area contributed by atoms with Gasteiger partial charge in [0, 0.05) is 32.7 Å². The molecule has 0 aliphatic carbocycles. The predicted molar refractivity (Wildman–Crippen MR) is 127 cm³/mol. The Morgan fingerprint density at radius 2 is 1.89 bits per heavy atom. The summed E-state index contributed by atoms with van der Waals surface area (Å²) in [6, 6.07) is 6.20. The first kappa shape index (κ1) is 25.4. The number of aliphatic hydroxyl groups is 2. The number of hydrogen-bond donors (Lipinski definition) is 4. The van der Waals surface area contributed by atoms with Crippen molar-refractivity contribution in [1.82, 2.24) is 15.5 Å². The molecule has 3 fully saturated rings. The lowest BCUT2D eigenvalue weighted by Crippen LogP contribution is -2.51. The van der Waals surface area contributed by atoms with Crippen LogP contribution >= 0.6 is 0 Å². The van der Waals surface area contributed by atoms with E-state index >= 15 is 0 Å². The highest BCUT2D eigenvalue weighted by atomic mass is 19.1. The third kappa shape index (κ3) is 5.74. The van der Waals surface area contributed by atoms with Gasteiger partial charge in [-0.15, -0.1) is 0 Å². The predicted octanol–water partition coefficient (Wildman–Crippen LogP) is 0.354. The number of carbonyl (C=O) groups is 2. The summed E-state index contributed by atoms with van der Waals surface area (Å²) in [7, 11) is 0. The first-order valence-corrected chi connectivity index (χ1v) is 12.4. The molecule has 10 heteroatoms. The van der Waals surface area contributed by atoms with E-state index in [1.54, 1.807) is 11.0 Å². The van der Waals surface area contributed by atoms with Crippen LogP contribution in [-0.4, -0.2) is 84.9 Å². The van der Waals surface area contributed by atoms with Crippen LogP contribution in [0.5, 0.6) is 0 Å². The second-order valence-electron chi connectivity index (χ2n) is 10.1. The molecule has 1 aromatic rings. The highest BCUT2D eigenvalue weighted by molar-refractivity contribution is 5.90. The molecule has 1 aromatic carbocycles. The first-order valence-electron chi connectivity index (χ1n) is 12.4. The Balaban J connectivity index is 1.22. The molecule has 4 N–H and O–H groups in total. The number of carbonyl (C=O) groups excluding carboxylic acids is 2. The van der Waals surface area contributed by atoms with Crippen LogP contribution in [0, 0.1) is 28.5 Å². The molecule has 3 saturated heterocycles. The third-order valence-corrected chi connectivity index (χ3v) is 7.83. The van der Waals surface area contributed by atoms with Crippen molar-refractivity contribution in [2.75, 3.05) is 50.7 Å². The van der Waals surface area contributed by atoms with Crippen LogP contribution < -0.4 is 15.5 Å². The van der Waals surface area contributed by atoms with Crippen molar-refractivity contribution in [3.05, 3.63) is 29.6 Å². The molecule has 1 spiro atoms. The van der Waals surface area contributed by atoms with Crippen LogP contribution in [-0.2, 0) is 9.59 Å². The van der Waals surface area contributed by atoms with Crippen LogP contribution in [0.3, 0.4) is 0 Å².